The summed E-state index contributed by atoms with van der Waals surface area (Å²) < 4.78 is 2.08. The van der Waals surface area contributed by atoms with E-state index in [0.717, 1.165) is 33.3 Å². The molecule has 0 spiro atoms. The molecule has 4 heteroatoms. The van der Waals surface area contributed by atoms with Crippen LogP contribution in [0.25, 0.3) is 27.6 Å². The van der Waals surface area contributed by atoms with Gasteiger partial charge in [0.2, 0.25) is 0 Å². The molecule has 2 heterocycles. The van der Waals surface area contributed by atoms with E-state index in [1.807, 2.05) is 48.8 Å². The van der Waals surface area contributed by atoms with Crippen LogP contribution in [0, 0.1) is 0 Å². The van der Waals surface area contributed by atoms with Gasteiger partial charge in [-0.1, -0.05) is 12.1 Å². The molecule has 96 valence electrons. The number of pyridine rings is 1. The Labute approximate surface area is 115 Å². The highest BCUT2D eigenvalue weighted by Crippen LogP contribution is 2.25. The molecule has 0 saturated carbocycles. The van der Waals surface area contributed by atoms with Crippen LogP contribution in [0.5, 0.6) is 0 Å². The zero-order valence-electron chi connectivity index (χ0n) is 10.7. The summed E-state index contributed by atoms with van der Waals surface area (Å²) in [6.45, 7) is 0. The van der Waals surface area contributed by atoms with E-state index in [9.17, 15) is 0 Å². The summed E-state index contributed by atoms with van der Waals surface area (Å²) in [4.78, 5) is 8.82. The molecule has 0 aliphatic carbocycles. The van der Waals surface area contributed by atoms with Crippen LogP contribution in [0.3, 0.4) is 0 Å². The molecule has 0 bridgehead atoms. The fraction of sp³-hybridized carbons (Fsp3) is 0. The largest absolute Gasteiger partial charge is 0.399 e. The van der Waals surface area contributed by atoms with Crippen molar-refractivity contribution in [2.45, 2.75) is 0 Å². The van der Waals surface area contributed by atoms with E-state index in [1.165, 1.54) is 0 Å². The van der Waals surface area contributed by atoms with Crippen LogP contribution in [-0.2, 0) is 0 Å². The number of aromatic nitrogens is 3. The molecular weight excluding hydrogens is 248 g/mol. The molecule has 0 atom stereocenters. The van der Waals surface area contributed by atoms with E-state index < -0.39 is 0 Å². The topological polar surface area (TPSA) is 56.7 Å². The molecule has 0 aliphatic heterocycles. The maximum atomic E-state index is 5.82. The number of fused-ring (bicyclic) bond motifs is 2. The predicted molar refractivity (Wildman–Crippen MR) is 80.8 cm³/mol. The zero-order valence-corrected chi connectivity index (χ0v) is 10.7. The minimum Gasteiger partial charge on any atom is -0.399 e. The first-order valence-corrected chi connectivity index (χ1v) is 6.40. The average Bonchev–Trinajstić information content (AvgIpc) is 2.90. The smallest absolute Gasteiger partial charge is 0.100 e. The van der Waals surface area contributed by atoms with Crippen LogP contribution in [0.2, 0.25) is 0 Å². The Kier molecular flexibility index (Phi) is 2.23. The van der Waals surface area contributed by atoms with Gasteiger partial charge in [0.15, 0.2) is 0 Å². The number of imidazole rings is 1. The third-order valence-electron chi connectivity index (χ3n) is 3.46. The molecule has 2 aromatic carbocycles. The first-order valence-electron chi connectivity index (χ1n) is 6.40. The maximum absolute atomic E-state index is 5.82. The maximum Gasteiger partial charge on any atom is 0.100 e. The van der Waals surface area contributed by atoms with Crippen molar-refractivity contribution in [3.05, 3.63) is 61.1 Å². The van der Waals surface area contributed by atoms with Gasteiger partial charge in [-0.25, -0.2) is 4.98 Å². The molecule has 0 amide bonds. The van der Waals surface area contributed by atoms with Crippen molar-refractivity contribution in [1.82, 2.24) is 14.5 Å². The standard InChI is InChI=1S/C16H12N4/c17-11-5-6-12-14(9-11)18-8-7-15(12)20-10-19-13-3-1-2-4-16(13)20/h1-10H,17H2. The monoisotopic (exact) mass is 260 g/mol. The van der Waals surface area contributed by atoms with Crippen LogP contribution >= 0.6 is 0 Å². The Morgan fingerprint density at radius 2 is 1.80 bits per heavy atom. The van der Waals surface area contributed by atoms with Gasteiger partial charge in [-0.05, 0) is 36.4 Å². The Morgan fingerprint density at radius 3 is 2.75 bits per heavy atom. The van der Waals surface area contributed by atoms with Gasteiger partial charge in [0.25, 0.3) is 0 Å². The SMILES string of the molecule is Nc1ccc2c(-n3cnc4ccccc43)ccnc2c1. The molecule has 0 radical (unpaired) electrons. The van der Waals surface area contributed by atoms with Crippen molar-refractivity contribution in [1.29, 1.82) is 0 Å². The molecule has 2 N–H and O–H groups in total. The van der Waals surface area contributed by atoms with Crippen molar-refractivity contribution < 1.29 is 0 Å². The molecule has 0 fully saturated rings. The third kappa shape index (κ3) is 1.55. The molecule has 4 nitrogen and oxygen atoms in total. The lowest BCUT2D eigenvalue weighted by Gasteiger charge is -2.08. The minimum atomic E-state index is 0.720. The summed E-state index contributed by atoms with van der Waals surface area (Å²) in [5, 5.41) is 1.06. The third-order valence-corrected chi connectivity index (χ3v) is 3.46. The van der Waals surface area contributed by atoms with Gasteiger partial charge < -0.3 is 5.73 Å². The fourth-order valence-corrected chi connectivity index (χ4v) is 2.51. The van der Waals surface area contributed by atoms with E-state index >= 15 is 0 Å². The van der Waals surface area contributed by atoms with Crippen molar-refractivity contribution >= 4 is 27.6 Å². The quantitative estimate of drug-likeness (QED) is 0.535. The summed E-state index contributed by atoms with van der Waals surface area (Å²) in [7, 11) is 0. The van der Waals surface area contributed by atoms with Crippen LogP contribution in [0.4, 0.5) is 5.69 Å². The Hall–Kier alpha value is -2.88. The van der Waals surface area contributed by atoms with E-state index in [0.29, 0.717) is 0 Å². The summed E-state index contributed by atoms with van der Waals surface area (Å²) in [6, 6.07) is 15.9. The number of anilines is 1. The summed E-state index contributed by atoms with van der Waals surface area (Å²) in [5.74, 6) is 0. The molecular formula is C16H12N4. The van der Waals surface area contributed by atoms with Crippen LogP contribution in [0.1, 0.15) is 0 Å². The van der Waals surface area contributed by atoms with Crippen molar-refractivity contribution in [2.24, 2.45) is 0 Å². The number of para-hydroxylation sites is 2. The van der Waals surface area contributed by atoms with E-state index in [1.54, 1.807) is 6.20 Å². The average molecular weight is 260 g/mol. The lowest BCUT2D eigenvalue weighted by molar-refractivity contribution is 1.10. The predicted octanol–water partition coefficient (Wildman–Crippen LogP) is 3.16. The van der Waals surface area contributed by atoms with Crippen LogP contribution < -0.4 is 5.73 Å². The molecule has 0 saturated heterocycles. The lowest BCUT2D eigenvalue weighted by atomic mass is 10.1. The fourth-order valence-electron chi connectivity index (χ4n) is 2.51. The number of nitrogens with two attached hydrogens (primary N) is 1. The molecule has 2 aromatic heterocycles. The van der Waals surface area contributed by atoms with E-state index in [2.05, 4.69) is 20.6 Å². The number of nitrogens with zero attached hydrogens (tertiary/aromatic N) is 3. The Bertz CT molecular complexity index is 924. The Morgan fingerprint density at radius 1 is 0.900 bits per heavy atom. The molecule has 4 aromatic rings. The number of rotatable bonds is 1. The van der Waals surface area contributed by atoms with Gasteiger partial charge >= 0.3 is 0 Å². The first-order chi connectivity index (χ1) is 9.83. The number of hydrogen-bond acceptors (Lipinski definition) is 3. The van der Waals surface area contributed by atoms with Crippen molar-refractivity contribution in [3.63, 3.8) is 0 Å². The minimum absolute atomic E-state index is 0.720. The van der Waals surface area contributed by atoms with Gasteiger partial charge in [-0.3, -0.25) is 9.55 Å². The summed E-state index contributed by atoms with van der Waals surface area (Å²) in [6.07, 6.45) is 3.64. The van der Waals surface area contributed by atoms with Crippen molar-refractivity contribution in [2.75, 3.05) is 5.73 Å². The lowest BCUT2D eigenvalue weighted by Crippen LogP contribution is -1.95. The zero-order chi connectivity index (χ0) is 13.5. The normalized spacial score (nSPS) is 11.2. The summed E-state index contributed by atoms with van der Waals surface area (Å²) in [5.41, 5.74) is 10.6. The molecule has 4 rings (SSSR count). The van der Waals surface area contributed by atoms with Gasteiger partial charge in [0.1, 0.15) is 6.33 Å². The van der Waals surface area contributed by atoms with Crippen LogP contribution in [0.15, 0.2) is 61.1 Å². The highest BCUT2D eigenvalue weighted by atomic mass is 15.1. The van der Waals surface area contributed by atoms with E-state index in [-0.39, 0.29) is 0 Å². The number of benzene rings is 2. The highest BCUT2D eigenvalue weighted by molar-refractivity contribution is 5.91. The first kappa shape index (κ1) is 11.0. The van der Waals surface area contributed by atoms with Crippen molar-refractivity contribution in [3.8, 4) is 5.69 Å². The Balaban J connectivity index is 2.07. The highest BCUT2D eigenvalue weighted by Gasteiger charge is 2.08. The second kappa shape index (κ2) is 4.06. The van der Waals surface area contributed by atoms with Gasteiger partial charge in [0.05, 0.1) is 22.2 Å². The van der Waals surface area contributed by atoms with Gasteiger partial charge in [-0.15, -0.1) is 0 Å². The van der Waals surface area contributed by atoms with Crippen LogP contribution in [-0.4, -0.2) is 14.5 Å². The molecule has 0 unspecified atom stereocenters. The molecule has 20 heavy (non-hydrogen) atoms. The number of hydrogen-bond donors (Lipinski definition) is 1. The van der Waals surface area contributed by atoms with Gasteiger partial charge in [-0.2, -0.15) is 0 Å². The second-order valence-electron chi connectivity index (χ2n) is 4.71. The number of nitrogen functional groups attached to an aromatic ring is 1. The molecule has 0 aliphatic rings. The van der Waals surface area contributed by atoms with Gasteiger partial charge in [0, 0.05) is 17.3 Å². The van der Waals surface area contributed by atoms with E-state index in [4.69, 9.17) is 5.73 Å². The second-order valence-corrected chi connectivity index (χ2v) is 4.71. The summed E-state index contributed by atoms with van der Waals surface area (Å²) >= 11 is 0.